The van der Waals surface area contributed by atoms with E-state index >= 15 is 0 Å². The van der Waals surface area contributed by atoms with Gasteiger partial charge in [0.15, 0.2) is 5.82 Å². The molecule has 0 atom stereocenters. The molecule has 0 saturated heterocycles. The molecule has 204 valence electrons. The molecule has 0 aliphatic heterocycles. The molecule has 44 heavy (non-hydrogen) atoms. The van der Waals surface area contributed by atoms with Gasteiger partial charge in [0, 0.05) is 18.0 Å². The van der Waals surface area contributed by atoms with Crippen molar-refractivity contribution in [3.8, 4) is 33.6 Å². The van der Waals surface area contributed by atoms with Crippen LogP contribution in [0.4, 0.5) is 0 Å². The first-order chi connectivity index (χ1) is 21.8. The summed E-state index contributed by atoms with van der Waals surface area (Å²) in [5, 5.41) is 12.4. The van der Waals surface area contributed by atoms with E-state index in [1.807, 2.05) is 18.5 Å². The van der Waals surface area contributed by atoms with Crippen LogP contribution in [0.3, 0.4) is 0 Å². The largest absolute Gasteiger partial charge is 0.237 e. The first-order valence-corrected chi connectivity index (χ1v) is 15.0. The van der Waals surface area contributed by atoms with Crippen LogP contribution in [0.25, 0.3) is 87.5 Å². The van der Waals surface area contributed by atoms with Crippen LogP contribution in [-0.4, -0.2) is 9.97 Å². The highest BCUT2D eigenvalue weighted by atomic mass is 14.9. The molecule has 8 aromatic carbocycles. The lowest BCUT2D eigenvalue weighted by atomic mass is 9.87. The van der Waals surface area contributed by atoms with E-state index in [-0.39, 0.29) is 0 Å². The molecule has 0 bridgehead atoms. The van der Waals surface area contributed by atoms with Gasteiger partial charge in [-0.3, -0.25) is 0 Å². The van der Waals surface area contributed by atoms with Crippen LogP contribution in [0, 0.1) is 0 Å². The number of benzene rings is 8. The number of hydrogen-bond acceptors (Lipinski definition) is 2. The molecule has 9 rings (SSSR count). The average Bonchev–Trinajstić information content (AvgIpc) is 3.10. The number of nitrogens with zero attached hydrogens (tertiary/aromatic N) is 2. The second-order valence-corrected chi connectivity index (χ2v) is 11.4. The topological polar surface area (TPSA) is 25.8 Å². The van der Waals surface area contributed by atoms with Crippen molar-refractivity contribution in [3.05, 3.63) is 158 Å². The van der Waals surface area contributed by atoms with Gasteiger partial charge in [0.25, 0.3) is 0 Å². The fraction of sp³-hybridized carbons (Fsp3) is 0. The SMILES string of the molecule is c1cnc(-c2c3ccccc3c(-c3ccc(-c4cccc5c4ccc4cc6ccccc6cc45)cc3)c3ccccc23)nc1. The maximum atomic E-state index is 4.64. The van der Waals surface area contributed by atoms with Crippen molar-refractivity contribution in [1.29, 1.82) is 0 Å². The highest BCUT2D eigenvalue weighted by Gasteiger charge is 2.18. The summed E-state index contributed by atoms with van der Waals surface area (Å²) in [7, 11) is 0. The highest BCUT2D eigenvalue weighted by molar-refractivity contribution is 6.21. The third-order valence-corrected chi connectivity index (χ3v) is 8.95. The van der Waals surface area contributed by atoms with Gasteiger partial charge in [0.05, 0.1) is 0 Å². The van der Waals surface area contributed by atoms with Crippen LogP contribution in [0.5, 0.6) is 0 Å². The second-order valence-electron chi connectivity index (χ2n) is 11.4. The van der Waals surface area contributed by atoms with Gasteiger partial charge < -0.3 is 0 Å². The summed E-state index contributed by atoms with van der Waals surface area (Å²) in [5.74, 6) is 0.748. The Kier molecular flexibility index (Phi) is 5.54. The molecule has 2 heteroatoms. The summed E-state index contributed by atoms with van der Waals surface area (Å²) in [4.78, 5) is 9.29. The molecule has 0 saturated carbocycles. The van der Waals surface area contributed by atoms with Crippen LogP contribution in [-0.2, 0) is 0 Å². The van der Waals surface area contributed by atoms with Gasteiger partial charge in [-0.1, -0.05) is 127 Å². The molecule has 0 aliphatic rings. The van der Waals surface area contributed by atoms with E-state index in [2.05, 4.69) is 149 Å². The van der Waals surface area contributed by atoms with E-state index in [9.17, 15) is 0 Å². The summed E-state index contributed by atoms with van der Waals surface area (Å²) < 4.78 is 0. The zero-order valence-electron chi connectivity index (χ0n) is 23.9. The Morgan fingerprint density at radius 1 is 0.318 bits per heavy atom. The fourth-order valence-corrected chi connectivity index (χ4v) is 6.96. The van der Waals surface area contributed by atoms with E-state index in [1.165, 1.54) is 65.3 Å². The average molecular weight is 559 g/mol. The summed E-state index contributed by atoms with van der Waals surface area (Å²) in [6.45, 7) is 0. The Morgan fingerprint density at radius 3 is 1.57 bits per heavy atom. The van der Waals surface area contributed by atoms with Crippen molar-refractivity contribution in [2.24, 2.45) is 0 Å². The summed E-state index contributed by atoms with van der Waals surface area (Å²) in [6, 6.07) is 52.7. The van der Waals surface area contributed by atoms with Crippen LogP contribution in [0.15, 0.2) is 158 Å². The molecule has 1 heterocycles. The first-order valence-electron chi connectivity index (χ1n) is 15.0. The summed E-state index contributed by atoms with van der Waals surface area (Å²) in [5.41, 5.74) is 5.96. The van der Waals surface area contributed by atoms with Crippen LogP contribution < -0.4 is 0 Å². The minimum atomic E-state index is 0.748. The molecule has 0 spiro atoms. The molecule has 0 aliphatic carbocycles. The Morgan fingerprint density at radius 2 is 0.886 bits per heavy atom. The van der Waals surface area contributed by atoms with Crippen molar-refractivity contribution < 1.29 is 0 Å². The predicted octanol–water partition coefficient (Wildman–Crippen LogP) is 11.2. The standard InChI is InChI=1S/C42H26N2/c1-2-10-30-26-39-31(25-29(30)9-1)21-22-34-32(15-7-16-33(34)39)27-17-19-28(20-18-27)40-35-11-3-5-13-37(35)41(42-43-23-8-24-44-42)38-14-6-4-12-36(38)40/h1-26H. The van der Waals surface area contributed by atoms with E-state index < -0.39 is 0 Å². The number of fused-ring (bicyclic) bond motifs is 6. The molecule has 0 N–H and O–H groups in total. The molecule has 2 nitrogen and oxygen atoms in total. The second kappa shape index (κ2) is 9.86. The van der Waals surface area contributed by atoms with Gasteiger partial charge in [-0.25, -0.2) is 9.97 Å². The molecular formula is C42H26N2. The third kappa shape index (κ3) is 3.82. The molecule has 1 aromatic heterocycles. The third-order valence-electron chi connectivity index (χ3n) is 8.95. The van der Waals surface area contributed by atoms with Crippen molar-refractivity contribution in [2.75, 3.05) is 0 Å². The van der Waals surface area contributed by atoms with Crippen LogP contribution in [0.2, 0.25) is 0 Å². The van der Waals surface area contributed by atoms with E-state index in [0.29, 0.717) is 0 Å². The van der Waals surface area contributed by atoms with Crippen molar-refractivity contribution >= 4 is 53.9 Å². The fourth-order valence-electron chi connectivity index (χ4n) is 6.96. The Labute approximate surface area is 254 Å². The quantitative estimate of drug-likeness (QED) is 0.159. The molecule has 9 aromatic rings. The molecular weight excluding hydrogens is 532 g/mol. The number of aromatic nitrogens is 2. The monoisotopic (exact) mass is 558 g/mol. The van der Waals surface area contributed by atoms with E-state index in [1.54, 1.807) is 0 Å². The van der Waals surface area contributed by atoms with E-state index in [0.717, 1.165) is 22.2 Å². The summed E-state index contributed by atoms with van der Waals surface area (Å²) >= 11 is 0. The Bertz CT molecular complexity index is 2470. The lowest BCUT2D eigenvalue weighted by Gasteiger charge is -2.17. The maximum absolute atomic E-state index is 4.64. The lowest BCUT2D eigenvalue weighted by molar-refractivity contribution is 1.18. The zero-order valence-corrected chi connectivity index (χ0v) is 23.9. The normalized spacial score (nSPS) is 11.6. The van der Waals surface area contributed by atoms with Gasteiger partial charge in [0.1, 0.15) is 0 Å². The van der Waals surface area contributed by atoms with Gasteiger partial charge in [-0.05, 0) is 94.3 Å². The number of rotatable bonds is 3. The maximum Gasteiger partial charge on any atom is 0.160 e. The highest BCUT2D eigenvalue weighted by Crippen LogP contribution is 2.43. The van der Waals surface area contributed by atoms with Gasteiger partial charge >= 0.3 is 0 Å². The smallest absolute Gasteiger partial charge is 0.160 e. The van der Waals surface area contributed by atoms with E-state index in [4.69, 9.17) is 0 Å². The van der Waals surface area contributed by atoms with Crippen molar-refractivity contribution in [2.45, 2.75) is 0 Å². The minimum absolute atomic E-state index is 0.748. The van der Waals surface area contributed by atoms with Gasteiger partial charge in [-0.15, -0.1) is 0 Å². The minimum Gasteiger partial charge on any atom is -0.237 e. The number of hydrogen-bond donors (Lipinski definition) is 0. The summed E-state index contributed by atoms with van der Waals surface area (Å²) in [6.07, 6.45) is 3.63. The predicted molar refractivity (Wildman–Crippen MR) is 186 cm³/mol. The first kappa shape index (κ1) is 24.7. The Hall–Kier alpha value is -5.86. The van der Waals surface area contributed by atoms with Crippen molar-refractivity contribution in [1.82, 2.24) is 9.97 Å². The molecule has 0 unspecified atom stereocenters. The molecule has 0 radical (unpaired) electrons. The van der Waals surface area contributed by atoms with Crippen LogP contribution >= 0.6 is 0 Å². The zero-order chi connectivity index (χ0) is 29.0. The van der Waals surface area contributed by atoms with Crippen molar-refractivity contribution in [3.63, 3.8) is 0 Å². The van der Waals surface area contributed by atoms with Gasteiger partial charge in [-0.2, -0.15) is 0 Å². The van der Waals surface area contributed by atoms with Crippen LogP contribution in [0.1, 0.15) is 0 Å². The molecule has 0 amide bonds. The van der Waals surface area contributed by atoms with Gasteiger partial charge in [0.2, 0.25) is 0 Å². The Balaban J connectivity index is 1.23. The lowest BCUT2D eigenvalue weighted by Crippen LogP contribution is -1.93. The molecule has 0 fully saturated rings.